The van der Waals surface area contributed by atoms with Crippen molar-refractivity contribution in [1.82, 2.24) is 0 Å². The van der Waals surface area contributed by atoms with E-state index < -0.39 is 12.3 Å². The van der Waals surface area contributed by atoms with Gasteiger partial charge in [-0.2, -0.15) is 9.68 Å². The molecule has 0 aromatic carbocycles. The normalized spacial score (nSPS) is 9.64. The molecule has 0 aliphatic carbocycles. The number of ether oxygens (including phenoxy) is 1. The standard InChI is InChI=1S/C8H14O6/c1-6(2)4-3-5-12-8(11)14-13-7(9)10/h6H,3-5H2,1-2H3,(H,9,10). The Bertz CT molecular complexity index is 188. The van der Waals surface area contributed by atoms with Crippen LogP contribution in [0.5, 0.6) is 0 Å². The van der Waals surface area contributed by atoms with E-state index in [0.717, 1.165) is 6.42 Å². The molecule has 14 heavy (non-hydrogen) atoms. The molecule has 0 spiro atoms. The van der Waals surface area contributed by atoms with Crippen LogP contribution in [0.2, 0.25) is 0 Å². The van der Waals surface area contributed by atoms with Crippen LogP contribution in [0.15, 0.2) is 0 Å². The summed E-state index contributed by atoms with van der Waals surface area (Å²) in [5.41, 5.74) is 0. The Morgan fingerprint density at radius 2 is 1.93 bits per heavy atom. The van der Waals surface area contributed by atoms with E-state index in [1.807, 2.05) is 13.8 Å². The number of rotatable bonds is 4. The van der Waals surface area contributed by atoms with E-state index in [-0.39, 0.29) is 6.61 Å². The number of hydrogen-bond donors (Lipinski definition) is 1. The zero-order valence-electron chi connectivity index (χ0n) is 8.19. The van der Waals surface area contributed by atoms with Crippen molar-refractivity contribution in [2.45, 2.75) is 26.7 Å². The van der Waals surface area contributed by atoms with Crippen LogP contribution >= 0.6 is 0 Å². The molecule has 0 saturated heterocycles. The highest BCUT2D eigenvalue weighted by Gasteiger charge is 2.08. The van der Waals surface area contributed by atoms with Gasteiger partial charge in [-0.15, -0.1) is 0 Å². The maximum absolute atomic E-state index is 10.6. The average Bonchev–Trinajstić information content (AvgIpc) is 2.08. The maximum atomic E-state index is 10.6. The molecule has 0 aromatic heterocycles. The molecular weight excluding hydrogens is 192 g/mol. The molecule has 6 nitrogen and oxygen atoms in total. The highest BCUT2D eigenvalue weighted by Crippen LogP contribution is 2.03. The first-order valence-electron chi connectivity index (χ1n) is 4.26. The van der Waals surface area contributed by atoms with Gasteiger partial charge < -0.3 is 9.84 Å². The molecule has 0 radical (unpaired) electrons. The van der Waals surface area contributed by atoms with E-state index in [4.69, 9.17) is 5.11 Å². The lowest BCUT2D eigenvalue weighted by atomic mass is 10.1. The third kappa shape index (κ3) is 8.63. The summed E-state index contributed by atoms with van der Waals surface area (Å²) in [5, 5.41) is 7.95. The Morgan fingerprint density at radius 1 is 1.29 bits per heavy atom. The lowest BCUT2D eigenvalue weighted by molar-refractivity contribution is -0.213. The molecule has 0 aliphatic rings. The van der Waals surface area contributed by atoms with Gasteiger partial charge in [0.25, 0.3) is 0 Å². The second-order valence-corrected chi connectivity index (χ2v) is 3.07. The van der Waals surface area contributed by atoms with Crippen molar-refractivity contribution in [2.75, 3.05) is 6.61 Å². The predicted molar refractivity (Wildman–Crippen MR) is 45.6 cm³/mol. The van der Waals surface area contributed by atoms with Gasteiger partial charge in [-0.05, 0) is 18.8 Å². The molecule has 0 aromatic rings. The first-order valence-corrected chi connectivity index (χ1v) is 4.26. The van der Waals surface area contributed by atoms with Crippen molar-refractivity contribution in [1.29, 1.82) is 0 Å². The van der Waals surface area contributed by atoms with Crippen LogP contribution in [0.1, 0.15) is 26.7 Å². The number of carboxylic acid groups (broad SMARTS) is 1. The van der Waals surface area contributed by atoms with E-state index in [0.29, 0.717) is 12.3 Å². The SMILES string of the molecule is CC(C)CCCOC(=O)OOC(=O)O. The van der Waals surface area contributed by atoms with Gasteiger partial charge in [0.05, 0.1) is 6.61 Å². The van der Waals surface area contributed by atoms with Crippen molar-refractivity contribution < 1.29 is 29.2 Å². The molecular formula is C8H14O6. The van der Waals surface area contributed by atoms with Crippen LogP contribution in [0.4, 0.5) is 9.59 Å². The summed E-state index contributed by atoms with van der Waals surface area (Å²) in [6.45, 7) is 4.29. The third-order valence-corrected chi connectivity index (χ3v) is 1.33. The van der Waals surface area contributed by atoms with Gasteiger partial charge in [0, 0.05) is 0 Å². The molecule has 1 N–H and O–H groups in total. The van der Waals surface area contributed by atoms with Gasteiger partial charge in [0.2, 0.25) is 0 Å². The van der Waals surface area contributed by atoms with Gasteiger partial charge in [0.15, 0.2) is 0 Å². The van der Waals surface area contributed by atoms with Gasteiger partial charge >= 0.3 is 12.3 Å². The minimum Gasteiger partial charge on any atom is -0.447 e. The average molecular weight is 206 g/mol. The van der Waals surface area contributed by atoms with E-state index in [9.17, 15) is 9.59 Å². The third-order valence-electron chi connectivity index (χ3n) is 1.33. The van der Waals surface area contributed by atoms with Crippen LogP contribution in [0, 0.1) is 5.92 Å². The summed E-state index contributed by atoms with van der Waals surface area (Å²) in [6, 6.07) is 0. The van der Waals surface area contributed by atoms with Crippen molar-refractivity contribution in [3.05, 3.63) is 0 Å². The van der Waals surface area contributed by atoms with Crippen LogP contribution in [0.25, 0.3) is 0 Å². The Kier molecular flexibility index (Phi) is 6.26. The molecule has 0 fully saturated rings. The van der Waals surface area contributed by atoms with Crippen molar-refractivity contribution >= 4 is 12.3 Å². The first-order chi connectivity index (χ1) is 6.52. The second kappa shape index (κ2) is 6.99. The summed E-state index contributed by atoms with van der Waals surface area (Å²) in [7, 11) is 0. The largest absolute Gasteiger partial charge is 0.549 e. The second-order valence-electron chi connectivity index (χ2n) is 3.07. The molecule has 0 amide bonds. The Hall–Kier alpha value is -1.46. The molecule has 0 saturated carbocycles. The fourth-order valence-corrected chi connectivity index (χ4v) is 0.741. The zero-order chi connectivity index (χ0) is 11.0. The Morgan fingerprint density at radius 3 is 2.43 bits per heavy atom. The zero-order valence-corrected chi connectivity index (χ0v) is 8.19. The fraction of sp³-hybridized carbons (Fsp3) is 0.750. The maximum Gasteiger partial charge on any atom is 0.549 e. The van der Waals surface area contributed by atoms with Gasteiger partial charge in [-0.25, -0.2) is 9.68 Å². The molecule has 0 unspecified atom stereocenters. The Balaban J connectivity index is 3.31. The van der Waals surface area contributed by atoms with Crippen LogP contribution < -0.4 is 0 Å². The topological polar surface area (TPSA) is 82.1 Å². The minimum atomic E-state index is -1.69. The van der Waals surface area contributed by atoms with E-state index in [1.54, 1.807) is 0 Å². The highest BCUT2D eigenvalue weighted by atomic mass is 17.3. The van der Waals surface area contributed by atoms with Crippen molar-refractivity contribution in [3.8, 4) is 0 Å². The molecule has 6 heteroatoms. The number of hydrogen-bond acceptors (Lipinski definition) is 5. The number of carbonyl (C=O) groups excluding carboxylic acids is 1. The lowest BCUT2D eigenvalue weighted by Crippen LogP contribution is -2.12. The van der Waals surface area contributed by atoms with E-state index in [1.165, 1.54) is 0 Å². The van der Waals surface area contributed by atoms with Crippen LogP contribution in [-0.4, -0.2) is 24.0 Å². The molecule has 0 aliphatic heterocycles. The summed E-state index contributed by atoms with van der Waals surface area (Å²) in [5.74, 6) is 0.532. The summed E-state index contributed by atoms with van der Waals surface area (Å²) < 4.78 is 4.49. The van der Waals surface area contributed by atoms with Gasteiger partial charge in [0.1, 0.15) is 0 Å². The minimum absolute atomic E-state index is 0.194. The molecule has 0 rings (SSSR count). The number of carbonyl (C=O) groups is 2. The first kappa shape index (κ1) is 12.5. The summed E-state index contributed by atoms with van der Waals surface area (Å²) >= 11 is 0. The smallest absolute Gasteiger partial charge is 0.447 e. The van der Waals surface area contributed by atoms with Crippen molar-refractivity contribution in [2.24, 2.45) is 5.92 Å². The molecule has 82 valence electrons. The lowest BCUT2D eigenvalue weighted by Gasteiger charge is -2.04. The molecule has 0 atom stereocenters. The molecule has 0 bridgehead atoms. The Labute approximate surface area is 81.7 Å². The fourth-order valence-electron chi connectivity index (χ4n) is 0.741. The van der Waals surface area contributed by atoms with Crippen LogP contribution in [-0.2, 0) is 14.5 Å². The van der Waals surface area contributed by atoms with Crippen LogP contribution in [0.3, 0.4) is 0 Å². The van der Waals surface area contributed by atoms with Gasteiger partial charge in [-0.1, -0.05) is 13.8 Å². The van der Waals surface area contributed by atoms with E-state index >= 15 is 0 Å². The van der Waals surface area contributed by atoms with E-state index in [2.05, 4.69) is 14.5 Å². The molecule has 0 heterocycles. The quantitative estimate of drug-likeness (QED) is 0.328. The summed E-state index contributed by atoms with van der Waals surface area (Å²) in [4.78, 5) is 27.6. The monoisotopic (exact) mass is 206 g/mol. The summed E-state index contributed by atoms with van der Waals surface area (Å²) in [6.07, 6.45) is -1.20. The highest BCUT2D eigenvalue weighted by molar-refractivity contribution is 5.62. The predicted octanol–water partition coefficient (Wildman–Crippen LogP) is 2.19. The van der Waals surface area contributed by atoms with Gasteiger partial charge in [-0.3, -0.25) is 0 Å². The van der Waals surface area contributed by atoms with Crippen molar-refractivity contribution in [3.63, 3.8) is 0 Å².